The molecule has 15 heteroatoms. The van der Waals surface area contributed by atoms with Crippen molar-refractivity contribution in [3.8, 4) is 23.0 Å². The van der Waals surface area contributed by atoms with Crippen LogP contribution in [0, 0.1) is 0 Å². The van der Waals surface area contributed by atoms with Gasteiger partial charge in [-0.15, -0.1) is 0 Å². The third kappa shape index (κ3) is 9.90. The molecule has 0 radical (unpaired) electrons. The Morgan fingerprint density at radius 2 is 1.62 bits per heavy atom. The van der Waals surface area contributed by atoms with Crippen LogP contribution < -0.4 is 40.2 Å². The van der Waals surface area contributed by atoms with Crippen LogP contribution in [0.1, 0.15) is 56.0 Å². The van der Waals surface area contributed by atoms with E-state index in [1.165, 1.54) is 38.4 Å². The van der Waals surface area contributed by atoms with Gasteiger partial charge in [-0.25, -0.2) is 18.2 Å². The third-order valence-corrected chi connectivity index (χ3v) is 10.4. The van der Waals surface area contributed by atoms with Gasteiger partial charge in [0.2, 0.25) is 10.0 Å². The number of carbonyl (C=O) groups is 2. The Bertz CT molecular complexity index is 2410. The highest BCUT2D eigenvalue weighted by atomic mass is 32.2. The summed E-state index contributed by atoms with van der Waals surface area (Å²) in [4.78, 5) is 34.6. The number of likely N-dealkylation sites (tertiary alicyclic amines) is 1. The molecule has 6 rings (SSSR count). The van der Waals surface area contributed by atoms with E-state index < -0.39 is 21.5 Å². The number of amides is 3. The van der Waals surface area contributed by atoms with E-state index in [0.29, 0.717) is 57.3 Å². The number of piperidine rings is 1. The van der Waals surface area contributed by atoms with Crippen LogP contribution >= 0.6 is 0 Å². The number of methoxy groups -OCH3 is 2. The van der Waals surface area contributed by atoms with Crippen LogP contribution in [-0.2, 0) is 15.4 Å². The molecule has 1 saturated heterocycles. The molecule has 4 aromatic carbocycles. The van der Waals surface area contributed by atoms with E-state index in [2.05, 4.69) is 25.2 Å². The summed E-state index contributed by atoms with van der Waals surface area (Å²) in [6, 6.07) is 22.2. The highest BCUT2D eigenvalue weighted by molar-refractivity contribution is 7.92. The zero-order valence-electron chi connectivity index (χ0n) is 33.7. The van der Waals surface area contributed by atoms with E-state index in [9.17, 15) is 18.0 Å². The van der Waals surface area contributed by atoms with E-state index >= 15 is 0 Å². The number of hydrogen-bond acceptors (Lipinski definition) is 10. The average molecular weight is 810 g/mol. The topological polar surface area (TPSA) is 177 Å². The number of nitrogens with two attached hydrogens (primary N) is 1. The molecule has 1 aliphatic rings. The summed E-state index contributed by atoms with van der Waals surface area (Å²) in [7, 11) is -0.786. The maximum Gasteiger partial charge on any atom is 0.324 e. The SMILES string of the molecule is COc1cc(Nc2cc(Oc3ccc(N(C(N)=O)c4cc(C(C)(C)C)cc(NS(C)(=O)=O)c4OC)c4ccccc34)ccn2)ccc1C(=O)NCCN1CCCCC1. The van der Waals surface area contributed by atoms with Crippen LogP contribution in [0.4, 0.5) is 33.4 Å². The number of primary amides is 1. The molecule has 0 aliphatic carbocycles. The van der Waals surface area contributed by atoms with Gasteiger partial charge in [0.15, 0.2) is 5.75 Å². The van der Waals surface area contributed by atoms with Gasteiger partial charge in [-0.2, -0.15) is 0 Å². The fourth-order valence-corrected chi connectivity index (χ4v) is 7.54. The summed E-state index contributed by atoms with van der Waals surface area (Å²) in [5.74, 6) is 1.82. The van der Waals surface area contributed by atoms with Crippen molar-refractivity contribution in [3.05, 3.63) is 96.2 Å². The molecular weight excluding hydrogens is 759 g/mol. The fourth-order valence-electron chi connectivity index (χ4n) is 6.99. The standard InChI is InChI=1S/C43H51N7O7S/c1-43(2,3)28-24-34(48-58(6,53)54)40(56-5)36(25-28)50(42(44)52)35-16-17-37(32-13-9-8-12-31(32)35)57-30-18-19-45-39(27-30)47-29-14-15-33(38(26-29)55-4)41(51)46-20-23-49-21-10-7-11-22-49/h8-9,12-19,24-27,48H,7,10-11,20-23H2,1-6H3,(H2,44,52)(H,45,47)(H,46,51). The molecular formula is C43H51N7O7S. The molecule has 3 amide bonds. The molecule has 2 heterocycles. The summed E-state index contributed by atoms with van der Waals surface area (Å²) in [6.07, 6.45) is 6.32. The van der Waals surface area contributed by atoms with Crippen LogP contribution in [0.15, 0.2) is 85.1 Å². The number of rotatable bonds is 14. The van der Waals surface area contributed by atoms with Crippen LogP contribution in [0.5, 0.6) is 23.0 Å². The van der Waals surface area contributed by atoms with Gasteiger partial charge in [-0.05, 0) is 79.4 Å². The van der Waals surface area contributed by atoms with Gasteiger partial charge < -0.3 is 35.5 Å². The second kappa shape index (κ2) is 17.6. The van der Waals surface area contributed by atoms with E-state index in [1.807, 2.05) is 45.0 Å². The van der Waals surface area contributed by atoms with E-state index in [0.717, 1.165) is 31.5 Å². The second-order valence-corrected chi connectivity index (χ2v) is 16.9. The lowest BCUT2D eigenvalue weighted by Gasteiger charge is -2.29. The molecule has 1 fully saturated rings. The molecule has 0 saturated carbocycles. The predicted molar refractivity (Wildman–Crippen MR) is 229 cm³/mol. The molecule has 5 aromatic rings. The number of hydrogen-bond donors (Lipinski definition) is 4. The number of anilines is 5. The zero-order chi connectivity index (χ0) is 41.6. The highest BCUT2D eigenvalue weighted by Crippen LogP contribution is 2.46. The van der Waals surface area contributed by atoms with Crippen LogP contribution in [0.2, 0.25) is 0 Å². The molecule has 1 aliphatic heterocycles. The summed E-state index contributed by atoms with van der Waals surface area (Å²) in [6.45, 7) is 9.45. The lowest BCUT2D eigenvalue weighted by Crippen LogP contribution is -2.37. The quantitative estimate of drug-likeness (QED) is 0.0863. The largest absolute Gasteiger partial charge is 0.496 e. The average Bonchev–Trinajstić information content (AvgIpc) is 3.18. The number of aromatic nitrogens is 1. The number of urea groups is 1. The van der Waals surface area contributed by atoms with Gasteiger partial charge in [0, 0.05) is 47.9 Å². The Morgan fingerprint density at radius 3 is 2.29 bits per heavy atom. The summed E-state index contributed by atoms with van der Waals surface area (Å²) < 4.78 is 45.1. The third-order valence-electron chi connectivity index (χ3n) is 9.84. The Labute approximate surface area is 339 Å². The van der Waals surface area contributed by atoms with Gasteiger partial charge in [0.05, 0.1) is 43.1 Å². The smallest absolute Gasteiger partial charge is 0.324 e. The van der Waals surface area contributed by atoms with Gasteiger partial charge >= 0.3 is 6.03 Å². The Kier molecular flexibility index (Phi) is 12.6. The molecule has 1 aromatic heterocycles. The normalized spacial score (nSPS) is 13.4. The van der Waals surface area contributed by atoms with Crippen LogP contribution in [0.3, 0.4) is 0 Å². The summed E-state index contributed by atoms with van der Waals surface area (Å²) in [5, 5.41) is 7.59. The van der Waals surface area contributed by atoms with Gasteiger partial charge in [-0.1, -0.05) is 51.5 Å². The molecule has 0 atom stereocenters. The summed E-state index contributed by atoms with van der Waals surface area (Å²) in [5.41, 5.74) is 8.36. The van der Waals surface area contributed by atoms with Crippen molar-refractivity contribution in [1.29, 1.82) is 0 Å². The zero-order valence-corrected chi connectivity index (χ0v) is 34.5. The van der Waals surface area contributed by atoms with Crippen molar-refractivity contribution in [3.63, 3.8) is 0 Å². The Hall–Kier alpha value is -6.06. The van der Waals surface area contributed by atoms with E-state index in [-0.39, 0.29) is 23.0 Å². The number of nitrogens with zero attached hydrogens (tertiary/aromatic N) is 3. The minimum atomic E-state index is -3.72. The number of ether oxygens (including phenoxy) is 3. The molecule has 0 unspecified atom stereocenters. The first kappa shape index (κ1) is 41.6. The van der Waals surface area contributed by atoms with E-state index in [1.54, 1.807) is 60.8 Å². The lowest BCUT2D eigenvalue weighted by molar-refractivity contribution is 0.0943. The first-order chi connectivity index (χ1) is 27.6. The molecule has 0 spiro atoms. The number of sulfonamides is 1. The Balaban J connectivity index is 1.26. The molecule has 5 N–H and O–H groups in total. The van der Waals surface area contributed by atoms with Crippen LogP contribution in [-0.4, -0.2) is 76.9 Å². The predicted octanol–water partition coefficient (Wildman–Crippen LogP) is 7.89. The number of fused-ring (bicyclic) bond motifs is 1. The van der Waals surface area contributed by atoms with Crippen molar-refractivity contribution in [2.45, 2.75) is 45.4 Å². The van der Waals surface area contributed by atoms with Crippen molar-refractivity contribution >= 4 is 61.3 Å². The number of benzene rings is 4. The molecule has 14 nitrogen and oxygen atoms in total. The van der Waals surface area contributed by atoms with E-state index in [4.69, 9.17) is 19.9 Å². The molecule has 58 heavy (non-hydrogen) atoms. The minimum absolute atomic E-state index is 0.122. The van der Waals surface area contributed by atoms with Gasteiger partial charge in [0.1, 0.15) is 23.1 Å². The molecule has 306 valence electrons. The lowest BCUT2D eigenvalue weighted by atomic mass is 9.86. The number of nitrogens with one attached hydrogen (secondary N) is 3. The Morgan fingerprint density at radius 1 is 0.879 bits per heavy atom. The number of pyridine rings is 1. The van der Waals surface area contributed by atoms with Crippen LogP contribution in [0.25, 0.3) is 10.8 Å². The minimum Gasteiger partial charge on any atom is -0.496 e. The maximum atomic E-state index is 13.4. The monoisotopic (exact) mass is 809 g/mol. The highest BCUT2D eigenvalue weighted by Gasteiger charge is 2.28. The van der Waals surface area contributed by atoms with Crippen molar-refractivity contribution < 1.29 is 32.2 Å². The van der Waals surface area contributed by atoms with Crippen molar-refractivity contribution in [2.75, 3.05) is 61.6 Å². The summed E-state index contributed by atoms with van der Waals surface area (Å²) >= 11 is 0. The fraction of sp³-hybridized carbons (Fsp3) is 0.326. The first-order valence-electron chi connectivity index (χ1n) is 19.1. The van der Waals surface area contributed by atoms with Gasteiger partial charge in [-0.3, -0.25) is 14.4 Å². The number of carbonyl (C=O) groups excluding carboxylic acids is 2. The molecule has 0 bridgehead atoms. The van der Waals surface area contributed by atoms with Crippen molar-refractivity contribution in [2.24, 2.45) is 5.73 Å². The van der Waals surface area contributed by atoms with Crippen molar-refractivity contribution in [1.82, 2.24) is 15.2 Å². The second-order valence-electron chi connectivity index (χ2n) is 15.2. The van der Waals surface area contributed by atoms with Gasteiger partial charge in [0.25, 0.3) is 5.91 Å². The maximum absolute atomic E-state index is 13.4. The first-order valence-corrected chi connectivity index (χ1v) is 21.0.